The molecule has 0 radical (unpaired) electrons. The van der Waals surface area contributed by atoms with Crippen molar-refractivity contribution >= 4 is 17.0 Å². The van der Waals surface area contributed by atoms with Crippen molar-refractivity contribution in [2.24, 2.45) is 4.99 Å². The van der Waals surface area contributed by atoms with E-state index in [2.05, 4.69) is 30.9 Å². The summed E-state index contributed by atoms with van der Waals surface area (Å²) in [6.45, 7) is 10.1. The summed E-state index contributed by atoms with van der Waals surface area (Å²) in [7, 11) is 0. The third-order valence-electron chi connectivity index (χ3n) is 5.58. The van der Waals surface area contributed by atoms with Crippen molar-refractivity contribution in [2.75, 3.05) is 0 Å². The quantitative estimate of drug-likeness (QED) is 0.488. The van der Waals surface area contributed by atoms with Gasteiger partial charge in [-0.15, -0.1) is 0 Å². The third kappa shape index (κ3) is 4.49. The molecular formula is C30H29NO2. The van der Waals surface area contributed by atoms with Crippen molar-refractivity contribution in [2.45, 2.75) is 46.3 Å². The Labute approximate surface area is 196 Å². The number of aliphatic hydroxyl groups is 1. The number of aryl methyl sites for hydroxylation is 3. The van der Waals surface area contributed by atoms with Gasteiger partial charge in [0.1, 0.15) is 5.71 Å². The summed E-state index contributed by atoms with van der Waals surface area (Å²) >= 11 is 0. The average Bonchev–Trinajstić information content (AvgIpc) is 2.78. The molecule has 0 aromatic heterocycles. The van der Waals surface area contributed by atoms with E-state index in [4.69, 9.17) is 9.73 Å². The normalized spacial score (nSPS) is 18.7. The maximum Gasteiger partial charge on any atom is 0.202 e. The SMILES string of the molecule is Cc1cc(C)c(N=C2C(OC(C)C)=C(c3ccccc3)C2(O)C#Cc2ccccc2)c(C)c1. The van der Waals surface area contributed by atoms with Gasteiger partial charge in [-0.3, -0.25) is 0 Å². The molecule has 1 N–H and O–H groups in total. The smallest absolute Gasteiger partial charge is 0.202 e. The van der Waals surface area contributed by atoms with Crippen LogP contribution >= 0.6 is 0 Å². The molecule has 1 aliphatic rings. The van der Waals surface area contributed by atoms with Crippen LogP contribution in [0.4, 0.5) is 5.69 Å². The monoisotopic (exact) mass is 435 g/mol. The van der Waals surface area contributed by atoms with Gasteiger partial charge < -0.3 is 9.84 Å². The minimum absolute atomic E-state index is 0.0734. The Hall–Kier alpha value is -3.61. The van der Waals surface area contributed by atoms with Crippen LogP contribution in [0.5, 0.6) is 0 Å². The summed E-state index contributed by atoms with van der Waals surface area (Å²) < 4.78 is 6.21. The first-order valence-corrected chi connectivity index (χ1v) is 11.2. The van der Waals surface area contributed by atoms with Crippen molar-refractivity contribution < 1.29 is 9.84 Å². The highest BCUT2D eigenvalue weighted by Gasteiger charge is 2.52. The van der Waals surface area contributed by atoms with Gasteiger partial charge in [-0.05, 0) is 63.4 Å². The zero-order valence-electron chi connectivity index (χ0n) is 19.8. The molecule has 3 aromatic carbocycles. The minimum Gasteiger partial charge on any atom is -0.488 e. The summed E-state index contributed by atoms with van der Waals surface area (Å²) in [5.74, 6) is 6.86. The van der Waals surface area contributed by atoms with Gasteiger partial charge in [0.2, 0.25) is 5.60 Å². The summed E-state index contributed by atoms with van der Waals surface area (Å²) in [5.41, 5.74) is 5.38. The lowest BCUT2D eigenvalue weighted by molar-refractivity contribution is 0.135. The minimum atomic E-state index is -1.55. The van der Waals surface area contributed by atoms with Gasteiger partial charge in [0, 0.05) is 5.56 Å². The first-order valence-electron chi connectivity index (χ1n) is 11.2. The molecule has 1 unspecified atom stereocenters. The molecule has 1 aliphatic carbocycles. The fourth-order valence-corrected chi connectivity index (χ4v) is 4.20. The van der Waals surface area contributed by atoms with Gasteiger partial charge in [-0.2, -0.15) is 0 Å². The average molecular weight is 436 g/mol. The molecule has 0 amide bonds. The Morgan fingerprint density at radius 1 is 0.879 bits per heavy atom. The van der Waals surface area contributed by atoms with Crippen LogP contribution in [-0.2, 0) is 4.74 Å². The van der Waals surface area contributed by atoms with Gasteiger partial charge in [-0.1, -0.05) is 78.1 Å². The third-order valence-corrected chi connectivity index (χ3v) is 5.58. The molecule has 166 valence electrons. The second-order valence-electron chi connectivity index (χ2n) is 8.77. The Kier molecular flexibility index (Phi) is 6.22. The molecule has 0 aliphatic heterocycles. The van der Waals surface area contributed by atoms with E-state index in [1.807, 2.05) is 88.4 Å². The van der Waals surface area contributed by atoms with Gasteiger partial charge in [0.05, 0.1) is 17.4 Å². The molecule has 0 saturated heterocycles. The molecular weight excluding hydrogens is 406 g/mol. The Bertz CT molecular complexity index is 1270. The van der Waals surface area contributed by atoms with Crippen LogP contribution in [-0.4, -0.2) is 22.5 Å². The second kappa shape index (κ2) is 9.10. The van der Waals surface area contributed by atoms with Crippen LogP contribution in [0, 0.1) is 32.6 Å². The lowest BCUT2D eigenvalue weighted by Crippen LogP contribution is -2.50. The number of nitrogens with zero attached hydrogens (tertiary/aromatic N) is 1. The van der Waals surface area contributed by atoms with E-state index in [1.165, 1.54) is 5.56 Å². The van der Waals surface area contributed by atoms with E-state index in [0.717, 1.165) is 27.9 Å². The zero-order valence-corrected chi connectivity index (χ0v) is 19.8. The molecule has 0 saturated carbocycles. The van der Waals surface area contributed by atoms with Crippen molar-refractivity contribution in [3.63, 3.8) is 0 Å². The van der Waals surface area contributed by atoms with Crippen molar-refractivity contribution in [3.05, 3.63) is 106 Å². The van der Waals surface area contributed by atoms with Crippen LogP contribution in [0.1, 0.15) is 41.7 Å². The number of hydrogen-bond acceptors (Lipinski definition) is 3. The van der Waals surface area contributed by atoms with Gasteiger partial charge in [0.15, 0.2) is 5.76 Å². The van der Waals surface area contributed by atoms with Crippen molar-refractivity contribution in [1.29, 1.82) is 0 Å². The number of aliphatic imine (C=N–C) groups is 1. The lowest BCUT2D eigenvalue weighted by Gasteiger charge is -2.40. The van der Waals surface area contributed by atoms with Crippen molar-refractivity contribution in [3.8, 4) is 11.8 Å². The van der Waals surface area contributed by atoms with E-state index in [9.17, 15) is 5.11 Å². The van der Waals surface area contributed by atoms with E-state index in [-0.39, 0.29) is 6.10 Å². The van der Waals surface area contributed by atoms with Crippen LogP contribution in [0.3, 0.4) is 0 Å². The lowest BCUT2D eigenvalue weighted by atomic mass is 9.72. The maximum absolute atomic E-state index is 12.0. The van der Waals surface area contributed by atoms with Gasteiger partial charge >= 0.3 is 0 Å². The fourth-order valence-electron chi connectivity index (χ4n) is 4.20. The molecule has 3 nitrogen and oxygen atoms in total. The van der Waals surface area contributed by atoms with Gasteiger partial charge in [-0.25, -0.2) is 4.99 Å². The van der Waals surface area contributed by atoms with Crippen LogP contribution < -0.4 is 0 Å². The molecule has 0 bridgehead atoms. The molecule has 3 aromatic rings. The Morgan fingerprint density at radius 3 is 2.03 bits per heavy atom. The first-order chi connectivity index (χ1) is 15.8. The summed E-state index contributed by atoms with van der Waals surface area (Å²) in [4.78, 5) is 4.96. The molecule has 0 fully saturated rings. The summed E-state index contributed by atoms with van der Waals surface area (Å²) in [6, 6.07) is 23.7. The van der Waals surface area contributed by atoms with E-state index in [0.29, 0.717) is 17.0 Å². The first kappa shape index (κ1) is 22.6. The highest BCUT2D eigenvalue weighted by Crippen LogP contribution is 2.45. The predicted octanol–water partition coefficient (Wildman–Crippen LogP) is 6.32. The van der Waals surface area contributed by atoms with Gasteiger partial charge in [0.25, 0.3) is 0 Å². The molecule has 0 heterocycles. The Morgan fingerprint density at radius 2 is 1.45 bits per heavy atom. The zero-order chi connectivity index (χ0) is 23.6. The standard InChI is InChI=1S/C30H29NO2/c1-20(2)33-28-26(25-14-10-7-11-15-25)30(32,17-16-24-12-8-6-9-13-24)29(28)31-27-22(4)18-21(3)19-23(27)5/h6-15,18-20,32H,1-5H3. The number of rotatable bonds is 4. The van der Waals surface area contributed by atoms with E-state index in [1.54, 1.807) is 0 Å². The highest BCUT2D eigenvalue weighted by atomic mass is 16.5. The molecule has 1 atom stereocenters. The van der Waals surface area contributed by atoms with Crippen molar-refractivity contribution in [1.82, 2.24) is 0 Å². The molecule has 3 heteroatoms. The number of benzene rings is 3. The maximum atomic E-state index is 12.0. The summed E-state index contributed by atoms with van der Waals surface area (Å²) in [5, 5.41) is 12.0. The van der Waals surface area contributed by atoms with Crippen LogP contribution in [0.15, 0.2) is 83.5 Å². The van der Waals surface area contributed by atoms with Crippen LogP contribution in [0.25, 0.3) is 5.57 Å². The Balaban J connectivity index is 1.95. The van der Waals surface area contributed by atoms with Crippen LogP contribution in [0.2, 0.25) is 0 Å². The van der Waals surface area contributed by atoms with E-state index < -0.39 is 5.60 Å². The highest BCUT2D eigenvalue weighted by molar-refractivity contribution is 6.29. The second-order valence-corrected chi connectivity index (χ2v) is 8.77. The molecule has 4 rings (SSSR count). The van der Waals surface area contributed by atoms with E-state index >= 15 is 0 Å². The molecule has 0 spiro atoms. The molecule has 33 heavy (non-hydrogen) atoms. The number of hydrogen-bond donors (Lipinski definition) is 1. The topological polar surface area (TPSA) is 41.8 Å². The fraction of sp³-hybridized carbons (Fsp3) is 0.233. The number of ether oxygens (including phenoxy) is 1. The largest absolute Gasteiger partial charge is 0.488 e. The summed E-state index contributed by atoms with van der Waals surface area (Å²) in [6.07, 6.45) is -0.0734. The predicted molar refractivity (Wildman–Crippen MR) is 136 cm³/mol.